The zero-order valence-corrected chi connectivity index (χ0v) is 21.3. The Morgan fingerprint density at radius 1 is 1.15 bits per heavy atom. The average molecular weight is 530 g/mol. The van der Waals surface area contributed by atoms with E-state index in [0.717, 1.165) is 43.8 Å². The Hall–Kier alpha value is -2.10. The molecule has 7 nitrogen and oxygen atoms in total. The number of carbonyl (C=O) groups excluding carboxylic acids is 1. The first-order valence-electron chi connectivity index (χ1n) is 10.9. The largest absolute Gasteiger partial charge is 0.476 e. The number of rotatable bonds is 6. The van der Waals surface area contributed by atoms with Crippen molar-refractivity contribution in [2.75, 3.05) is 11.2 Å². The number of sulfone groups is 1. The molecule has 4 rings (SSSR count). The van der Waals surface area contributed by atoms with E-state index in [9.17, 15) is 17.6 Å². The number of ether oxygens (including phenoxy) is 1. The Morgan fingerprint density at radius 2 is 1.79 bits per heavy atom. The molecule has 2 fully saturated rings. The Kier molecular flexibility index (Phi) is 6.74. The summed E-state index contributed by atoms with van der Waals surface area (Å²) in [7, 11) is -3.30. The number of nitrogens with zero attached hydrogens (tertiary/aromatic N) is 2. The van der Waals surface area contributed by atoms with Crippen LogP contribution in [0.4, 0.5) is 10.2 Å². The van der Waals surface area contributed by atoms with E-state index in [4.69, 9.17) is 27.9 Å². The summed E-state index contributed by atoms with van der Waals surface area (Å²) in [6.07, 6.45) is 5.95. The van der Waals surface area contributed by atoms with Crippen LogP contribution in [0, 0.1) is 5.82 Å². The normalized spacial score (nSPS) is 22.5. The molecule has 1 aromatic carbocycles. The van der Waals surface area contributed by atoms with Gasteiger partial charge in [0.1, 0.15) is 22.4 Å². The lowest BCUT2D eigenvalue weighted by Gasteiger charge is -2.40. The van der Waals surface area contributed by atoms with Crippen LogP contribution in [-0.4, -0.2) is 49.3 Å². The van der Waals surface area contributed by atoms with Crippen molar-refractivity contribution in [2.24, 2.45) is 0 Å². The van der Waals surface area contributed by atoms with Crippen molar-refractivity contribution in [1.82, 2.24) is 10.3 Å². The molecule has 1 aromatic heterocycles. The van der Waals surface area contributed by atoms with Gasteiger partial charge < -0.3 is 15.0 Å². The lowest BCUT2D eigenvalue weighted by atomic mass is 9.96. The standard InChI is InChI=1S/C23H26Cl2FN3O4S/c1-23(2,33-18-8-7-17(26)20(24)21(18)25)22(30)28-13-10-14-4-5-15(11-13)29(14)19-9-6-16(12-27-19)34(3,31)32/h6-9,12-15H,4-5,10-11H2,1-3H3,(H,28,30). The molecule has 11 heteroatoms. The maximum absolute atomic E-state index is 13.6. The van der Waals surface area contributed by atoms with Gasteiger partial charge in [-0.3, -0.25) is 4.79 Å². The number of hydrogen-bond donors (Lipinski definition) is 1. The topological polar surface area (TPSA) is 88.6 Å². The fourth-order valence-electron chi connectivity index (χ4n) is 4.68. The van der Waals surface area contributed by atoms with Crippen LogP contribution < -0.4 is 15.0 Å². The highest BCUT2D eigenvalue weighted by Gasteiger charge is 2.43. The summed E-state index contributed by atoms with van der Waals surface area (Å²) in [5.74, 6) is -0.0932. The van der Waals surface area contributed by atoms with Crippen molar-refractivity contribution in [3.8, 4) is 5.75 Å². The average Bonchev–Trinajstić information content (AvgIpc) is 3.04. The van der Waals surface area contributed by atoms with Crippen molar-refractivity contribution in [2.45, 2.75) is 68.2 Å². The van der Waals surface area contributed by atoms with E-state index in [2.05, 4.69) is 15.2 Å². The summed E-state index contributed by atoms with van der Waals surface area (Å²) < 4.78 is 42.8. The molecule has 2 unspecified atom stereocenters. The molecular formula is C23H26Cl2FN3O4S. The van der Waals surface area contributed by atoms with E-state index in [-0.39, 0.29) is 44.7 Å². The zero-order valence-electron chi connectivity index (χ0n) is 19.0. The highest BCUT2D eigenvalue weighted by atomic mass is 35.5. The summed E-state index contributed by atoms with van der Waals surface area (Å²) in [5, 5.41) is 2.75. The number of anilines is 1. The lowest BCUT2D eigenvalue weighted by molar-refractivity contribution is -0.135. The number of hydrogen-bond acceptors (Lipinski definition) is 6. The number of aromatic nitrogens is 1. The third kappa shape index (κ3) is 4.97. The highest BCUT2D eigenvalue weighted by Crippen LogP contribution is 2.39. The fourth-order valence-corrected chi connectivity index (χ4v) is 5.59. The van der Waals surface area contributed by atoms with Crippen LogP contribution in [0.3, 0.4) is 0 Å². The molecule has 0 aliphatic carbocycles. The fraction of sp³-hybridized carbons (Fsp3) is 0.478. The van der Waals surface area contributed by atoms with E-state index in [0.29, 0.717) is 0 Å². The first-order chi connectivity index (χ1) is 15.9. The number of benzene rings is 1. The van der Waals surface area contributed by atoms with Gasteiger partial charge in [-0.2, -0.15) is 0 Å². The van der Waals surface area contributed by atoms with Gasteiger partial charge >= 0.3 is 0 Å². The minimum atomic E-state index is -3.30. The lowest BCUT2D eigenvalue weighted by Crippen LogP contribution is -2.55. The second kappa shape index (κ2) is 9.17. The predicted octanol–water partition coefficient (Wildman–Crippen LogP) is 4.40. The van der Waals surface area contributed by atoms with E-state index in [1.807, 2.05) is 0 Å². The number of carbonyl (C=O) groups is 1. The van der Waals surface area contributed by atoms with Crippen LogP contribution in [0.5, 0.6) is 5.75 Å². The summed E-state index contributed by atoms with van der Waals surface area (Å²) in [6.45, 7) is 3.24. The monoisotopic (exact) mass is 529 g/mol. The second-order valence-electron chi connectivity index (χ2n) is 9.34. The number of nitrogens with one attached hydrogen (secondary N) is 1. The van der Waals surface area contributed by atoms with Crippen LogP contribution in [0.1, 0.15) is 39.5 Å². The van der Waals surface area contributed by atoms with Gasteiger partial charge in [-0.05, 0) is 63.8 Å². The Labute approximate surface area is 208 Å². The number of amides is 1. The van der Waals surface area contributed by atoms with Gasteiger partial charge in [-0.15, -0.1) is 0 Å². The maximum Gasteiger partial charge on any atom is 0.263 e. The number of halogens is 3. The zero-order chi connectivity index (χ0) is 24.8. The number of fused-ring (bicyclic) bond motifs is 2. The maximum atomic E-state index is 13.6. The Balaban J connectivity index is 1.42. The SMILES string of the molecule is CC(C)(Oc1ccc(F)c(Cl)c1Cl)C(=O)NC1CC2CCC(C1)N2c1ccc(S(C)(=O)=O)cn1. The Morgan fingerprint density at radius 3 is 2.35 bits per heavy atom. The molecule has 2 aliphatic heterocycles. The molecule has 1 amide bonds. The van der Waals surface area contributed by atoms with Crippen molar-refractivity contribution in [3.63, 3.8) is 0 Å². The summed E-state index contributed by atoms with van der Waals surface area (Å²) >= 11 is 11.9. The molecule has 34 heavy (non-hydrogen) atoms. The first-order valence-corrected chi connectivity index (χ1v) is 13.6. The molecule has 3 heterocycles. The van der Waals surface area contributed by atoms with Crippen LogP contribution >= 0.6 is 23.2 Å². The minimum absolute atomic E-state index is 0.0494. The quantitative estimate of drug-likeness (QED) is 0.557. The van der Waals surface area contributed by atoms with E-state index < -0.39 is 21.3 Å². The number of piperidine rings is 1. The van der Waals surface area contributed by atoms with Crippen LogP contribution in [0.2, 0.25) is 10.0 Å². The van der Waals surface area contributed by atoms with Crippen LogP contribution in [0.15, 0.2) is 35.4 Å². The molecule has 2 bridgehead atoms. The molecule has 1 N–H and O–H groups in total. The van der Waals surface area contributed by atoms with E-state index >= 15 is 0 Å². The van der Waals surface area contributed by atoms with Crippen molar-refractivity contribution in [1.29, 1.82) is 0 Å². The summed E-state index contributed by atoms with van der Waals surface area (Å²) in [6, 6.07) is 6.14. The van der Waals surface area contributed by atoms with Crippen LogP contribution in [-0.2, 0) is 14.6 Å². The molecule has 0 radical (unpaired) electrons. The molecule has 2 atom stereocenters. The first kappa shape index (κ1) is 25.0. The number of pyridine rings is 1. The van der Waals surface area contributed by atoms with Gasteiger partial charge in [0.25, 0.3) is 5.91 Å². The smallest absolute Gasteiger partial charge is 0.263 e. The molecule has 0 spiro atoms. The summed E-state index contributed by atoms with van der Waals surface area (Å²) in [4.78, 5) is 19.9. The molecule has 2 aliphatic rings. The van der Waals surface area contributed by atoms with Crippen molar-refractivity contribution >= 4 is 44.8 Å². The van der Waals surface area contributed by atoms with Gasteiger partial charge in [-0.1, -0.05) is 23.2 Å². The third-order valence-electron chi connectivity index (χ3n) is 6.39. The van der Waals surface area contributed by atoms with Gasteiger partial charge in [-0.25, -0.2) is 17.8 Å². The second-order valence-corrected chi connectivity index (χ2v) is 12.1. The molecule has 0 saturated carbocycles. The molecular weight excluding hydrogens is 504 g/mol. The van der Waals surface area contributed by atoms with Gasteiger partial charge in [0.05, 0.1) is 9.92 Å². The third-order valence-corrected chi connectivity index (χ3v) is 8.33. The van der Waals surface area contributed by atoms with E-state index in [1.54, 1.807) is 26.0 Å². The molecule has 184 valence electrons. The Bertz CT molecular complexity index is 1190. The van der Waals surface area contributed by atoms with Gasteiger partial charge in [0.2, 0.25) is 0 Å². The van der Waals surface area contributed by atoms with Gasteiger partial charge in [0.15, 0.2) is 15.4 Å². The van der Waals surface area contributed by atoms with Crippen LogP contribution in [0.25, 0.3) is 0 Å². The van der Waals surface area contributed by atoms with Crippen molar-refractivity contribution < 1.29 is 22.3 Å². The predicted molar refractivity (Wildman–Crippen MR) is 129 cm³/mol. The molecule has 2 aromatic rings. The van der Waals surface area contributed by atoms with E-state index in [1.165, 1.54) is 12.3 Å². The van der Waals surface area contributed by atoms with Gasteiger partial charge in [0, 0.05) is 30.6 Å². The highest BCUT2D eigenvalue weighted by molar-refractivity contribution is 7.90. The minimum Gasteiger partial charge on any atom is -0.476 e. The van der Waals surface area contributed by atoms with Crippen molar-refractivity contribution in [3.05, 3.63) is 46.3 Å². The molecule has 2 saturated heterocycles. The summed E-state index contributed by atoms with van der Waals surface area (Å²) in [5.41, 5.74) is -1.26.